The van der Waals surface area contributed by atoms with Crippen molar-refractivity contribution in [2.24, 2.45) is 5.92 Å². The minimum atomic E-state index is -4.80. The predicted molar refractivity (Wildman–Crippen MR) is 102 cm³/mol. The molecule has 0 radical (unpaired) electrons. The number of alkyl halides is 3. The molecule has 2 N–H and O–H groups in total. The van der Waals surface area contributed by atoms with E-state index in [4.69, 9.17) is 0 Å². The van der Waals surface area contributed by atoms with Crippen LogP contribution in [0.1, 0.15) is 12.8 Å². The number of piperidine rings is 1. The van der Waals surface area contributed by atoms with Crippen LogP contribution in [0.15, 0.2) is 42.9 Å². The summed E-state index contributed by atoms with van der Waals surface area (Å²) in [6, 6.07) is 4.53. The lowest BCUT2D eigenvalue weighted by atomic mass is 9.97. The molecule has 3 rings (SSSR count). The third-order valence-electron chi connectivity index (χ3n) is 4.59. The first-order valence-electron chi connectivity index (χ1n) is 9.26. The van der Waals surface area contributed by atoms with E-state index in [1.165, 1.54) is 12.1 Å². The zero-order valence-electron chi connectivity index (χ0n) is 15.9. The fraction of sp³-hybridized carbons (Fsp3) is 0.368. The van der Waals surface area contributed by atoms with Crippen LogP contribution in [0.25, 0.3) is 0 Å². The molecule has 1 saturated heterocycles. The SMILES string of the molecule is O=C(NCC1CCN(c2cnccn2)CC1)C(=O)Nc1ccc(OC(F)(F)F)cc1. The molecule has 0 atom stereocenters. The van der Waals surface area contributed by atoms with E-state index < -0.39 is 23.9 Å². The van der Waals surface area contributed by atoms with E-state index >= 15 is 0 Å². The number of nitrogens with zero attached hydrogens (tertiary/aromatic N) is 3. The Morgan fingerprint density at radius 1 is 1.10 bits per heavy atom. The Hall–Kier alpha value is -3.37. The molecule has 0 saturated carbocycles. The zero-order valence-corrected chi connectivity index (χ0v) is 15.9. The van der Waals surface area contributed by atoms with Gasteiger partial charge in [0, 0.05) is 37.7 Å². The van der Waals surface area contributed by atoms with Gasteiger partial charge in [0.2, 0.25) is 0 Å². The van der Waals surface area contributed by atoms with Crippen molar-refractivity contribution in [3.8, 4) is 5.75 Å². The quantitative estimate of drug-likeness (QED) is 0.717. The molecule has 1 aromatic heterocycles. The first kappa shape index (κ1) is 21.3. The third-order valence-corrected chi connectivity index (χ3v) is 4.59. The number of ether oxygens (including phenoxy) is 1. The zero-order chi connectivity index (χ0) is 21.6. The van der Waals surface area contributed by atoms with Crippen LogP contribution < -0.4 is 20.3 Å². The number of halogens is 3. The smallest absolute Gasteiger partial charge is 0.406 e. The lowest BCUT2D eigenvalue weighted by molar-refractivity contribution is -0.274. The molecule has 11 heteroatoms. The van der Waals surface area contributed by atoms with Crippen LogP contribution in [0.4, 0.5) is 24.7 Å². The van der Waals surface area contributed by atoms with Gasteiger partial charge < -0.3 is 20.3 Å². The van der Waals surface area contributed by atoms with Crippen LogP contribution in [0, 0.1) is 5.92 Å². The Bertz CT molecular complexity index is 854. The van der Waals surface area contributed by atoms with E-state index in [9.17, 15) is 22.8 Å². The molecule has 0 unspecified atom stereocenters. The number of rotatable bonds is 5. The summed E-state index contributed by atoms with van der Waals surface area (Å²) in [5, 5.41) is 4.94. The van der Waals surface area contributed by atoms with E-state index in [2.05, 4.69) is 30.2 Å². The molecule has 1 aliphatic rings. The van der Waals surface area contributed by atoms with Crippen LogP contribution in [0.3, 0.4) is 0 Å². The first-order valence-corrected chi connectivity index (χ1v) is 9.26. The third kappa shape index (κ3) is 6.33. The van der Waals surface area contributed by atoms with E-state index in [0.29, 0.717) is 6.54 Å². The largest absolute Gasteiger partial charge is 0.573 e. The number of nitrogens with one attached hydrogen (secondary N) is 2. The number of carbonyl (C=O) groups is 2. The molecule has 30 heavy (non-hydrogen) atoms. The number of amides is 2. The second-order valence-corrected chi connectivity index (χ2v) is 6.73. The van der Waals surface area contributed by atoms with Gasteiger partial charge in [0.05, 0.1) is 6.20 Å². The van der Waals surface area contributed by atoms with E-state index in [1.54, 1.807) is 18.6 Å². The van der Waals surface area contributed by atoms with Gasteiger partial charge in [-0.3, -0.25) is 14.6 Å². The average molecular weight is 423 g/mol. The summed E-state index contributed by atoms with van der Waals surface area (Å²) in [6.07, 6.45) is 1.82. The number of carbonyl (C=O) groups excluding carboxylic acids is 2. The highest BCUT2D eigenvalue weighted by Gasteiger charge is 2.31. The Morgan fingerprint density at radius 2 is 1.80 bits per heavy atom. The standard InChI is InChI=1S/C19H20F3N5O3/c20-19(21,22)30-15-3-1-14(2-4-15)26-18(29)17(28)25-11-13-5-9-27(10-6-13)16-12-23-7-8-24-16/h1-4,7-8,12-13H,5-6,9-11H2,(H,25,28)(H,26,29). The summed E-state index contributed by atoms with van der Waals surface area (Å²) < 4.78 is 40.2. The van der Waals surface area contributed by atoms with E-state index in [0.717, 1.165) is 43.9 Å². The summed E-state index contributed by atoms with van der Waals surface area (Å²) in [7, 11) is 0. The van der Waals surface area contributed by atoms with Crippen LogP contribution in [0.2, 0.25) is 0 Å². The summed E-state index contributed by atoms with van der Waals surface area (Å²) >= 11 is 0. The maximum atomic E-state index is 12.2. The van der Waals surface area contributed by atoms with Crippen LogP contribution >= 0.6 is 0 Å². The molecule has 0 spiro atoms. The molecular weight excluding hydrogens is 403 g/mol. The molecule has 160 valence electrons. The Balaban J connectivity index is 1.40. The first-order chi connectivity index (χ1) is 14.3. The molecule has 1 fully saturated rings. The van der Waals surface area contributed by atoms with Gasteiger partial charge in [0.1, 0.15) is 11.6 Å². The highest BCUT2D eigenvalue weighted by molar-refractivity contribution is 6.39. The Kier molecular flexibility index (Phi) is 6.70. The van der Waals surface area contributed by atoms with Gasteiger partial charge in [-0.15, -0.1) is 13.2 Å². The van der Waals surface area contributed by atoms with Crippen molar-refractivity contribution in [2.45, 2.75) is 19.2 Å². The van der Waals surface area contributed by atoms with Crippen molar-refractivity contribution >= 4 is 23.3 Å². The number of hydrogen-bond acceptors (Lipinski definition) is 6. The minimum absolute atomic E-state index is 0.182. The van der Waals surface area contributed by atoms with Crippen molar-refractivity contribution in [1.82, 2.24) is 15.3 Å². The topological polar surface area (TPSA) is 96.5 Å². The van der Waals surface area contributed by atoms with E-state index in [1.807, 2.05) is 0 Å². The fourth-order valence-electron chi connectivity index (χ4n) is 3.07. The average Bonchev–Trinajstić information content (AvgIpc) is 2.73. The van der Waals surface area contributed by atoms with Crippen LogP contribution in [-0.2, 0) is 9.59 Å². The van der Waals surface area contributed by atoms with Crippen LogP contribution in [0.5, 0.6) is 5.75 Å². The summed E-state index contributed by atoms with van der Waals surface area (Å²) in [4.78, 5) is 34.4. The van der Waals surface area contributed by atoms with Crippen molar-refractivity contribution in [1.29, 1.82) is 0 Å². The normalized spacial score (nSPS) is 14.8. The predicted octanol–water partition coefficient (Wildman–Crippen LogP) is 2.35. The van der Waals surface area contributed by atoms with Crippen molar-refractivity contribution < 1.29 is 27.5 Å². The summed E-state index contributed by atoms with van der Waals surface area (Å²) in [6.45, 7) is 1.91. The van der Waals surface area contributed by atoms with Crippen molar-refractivity contribution in [3.63, 3.8) is 0 Å². The maximum absolute atomic E-state index is 12.2. The molecule has 2 heterocycles. The monoisotopic (exact) mass is 423 g/mol. The van der Waals surface area contributed by atoms with Gasteiger partial charge in [-0.25, -0.2) is 4.98 Å². The number of anilines is 2. The Labute approximate surface area is 170 Å². The number of hydrogen-bond donors (Lipinski definition) is 2. The van der Waals surface area contributed by atoms with Gasteiger partial charge >= 0.3 is 18.2 Å². The minimum Gasteiger partial charge on any atom is -0.406 e. The maximum Gasteiger partial charge on any atom is 0.573 e. The second-order valence-electron chi connectivity index (χ2n) is 6.73. The van der Waals surface area contributed by atoms with Crippen LogP contribution in [-0.4, -0.2) is 47.8 Å². The molecule has 0 bridgehead atoms. The Morgan fingerprint density at radius 3 is 2.40 bits per heavy atom. The van der Waals surface area contributed by atoms with Gasteiger partial charge in [0.25, 0.3) is 0 Å². The lowest BCUT2D eigenvalue weighted by Gasteiger charge is -2.32. The number of aromatic nitrogens is 2. The van der Waals surface area contributed by atoms with E-state index in [-0.39, 0.29) is 11.6 Å². The fourth-order valence-corrected chi connectivity index (χ4v) is 3.07. The van der Waals surface area contributed by atoms with Gasteiger partial charge in [-0.05, 0) is 43.0 Å². The molecule has 1 aromatic carbocycles. The van der Waals surface area contributed by atoms with Gasteiger partial charge in [-0.1, -0.05) is 0 Å². The highest BCUT2D eigenvalue weighted by Crippen LogP contribution is 2.24. The summed E-state index contributed by atoms with van der Waals surface area (Å²) in [5.74, 6) is -1.07. The highest BCUT2D eigenvalue weighted by atomic mass is 19.4. The van der Waals surface area contributed by atoms with Crippen molar-refractivity contribution in [2.75, 3.05) is 29.9 Å². The van der Waals surface area contributed by atoms with Crippen molar-refractivity contribution in [3.05, 3.63) is 42.9 Å². The number of benzene rings is 1. The summed E-state index contributed by atoms with van der Waals surface area (Å²) in [5.41, 5.74) is 0.182. The van der Waals surface area contributed by atoms with Gasteiger partial charge in [-0.2, -0.15) is 0 Å². The molecule has 2 amide bonds. The molecule has 2 aromatic rings. The lowest BCUT2D eigenvalue weighted by Crippen LogP contribution is -2.42. The molecule has 8 nitrogen and oxygen atoms in total. The van der Waals surface area contributed by atoms with Gasteiger partial charge in [0.15, 0.2) is 0 Å². The molecular formula is C19H20F3N5O3. The molecule has 0 aliphatic carbocycles. The second kappa shape index (κ2) is 9.42. The molecule has 1 aliphatic heterocycles.